The molecule has 2 unspecified atom stereocenters. The van der Waals surface area contributed by atoms with Crippen LogP contribution in [0.5, 0.6) is 0 Å². The van der Waals surface area contributed by atoms with Gasteiger partial charge < -0.3 is 0 Å². The maximum Gasteiger partial charge on any atom is 0.0852 e. The van der Waals surface area contributed by atoms with Gasteiger partial charge in [0.25, 0.3) is 0 Å². The van der Waals surface area contributed by atoms with Crippen LogP contribution < -0.4 is 0 Å². The zero-order valence-electron chi connectivity index (χ0n) is 17.8. The molecule has 0 saturated heterocycles. The van der Waals surface area contributed by atoms with Crippen LogP contribution in [0.4, 0.5) is 0 Å². The van der Waals surface area contributed by atoms with Gasteiger partial charge in [0.05, 0.1) is 11.5 Å². The van der Waals surface area contributed by atoms with E-state index in [2.05, 4.69) is 64.1 Å². The molecule has 1 aromatic rings. The largest absolute Gasteiger partial charge is 0.197 e. The number of rotatable bonds is 14. The molecule has 0 spiro atoms. The fourth-order valence-electron chi connectivity index (χ4n) is 4.58. The smallest absolute Gasteiger partial charge is 0.0852 e. The minimum Gasteiger partial charge on any atom is -0.197 e. The molecule has 0 radical (unpaired) electrons. The second-order valence-corrected chi connectivity index (χ2v) is 8.24. The van der Waals surface area contributed by atoms with Gasteiger partial charge in [-0.15, -0.1) is 0 Å². The molecule has 1 heteroatoms. The lowest BCUT2D eigenvalue weighted by Crippen LogP contribution is -2.36. The van der Waals surface area contributed by atoms with E-state index in [1.54, 1.807) is 0 Å². The average molecular weight is 356 g/mol. The maximum absolute atomic E-state index is 10.4. The number of nitrogens with zero attached hydrogens (tertiary/aromatic N) is 1. The highest BCUT2D eigenvalue weighted by atomic mass is 14.5. The molecule has 0 aliphatic heterocycles. The Balaban J connectivity index is 3.06. The fraction of sp³-hybridized carbons (Fsp3) is 0.720. The van der Waals surface area contributed by atoms with Crippen molar-refractivity contribution in [2.45, 2.75) is 104 Å². The van der Waals surface area contributed by atoms with Crippen LogP contribution in [0.1, 0.15) is 104 Å². The number of benzene rings is 1. The summed E-state index contributed by atoms with van der Waals surface area (Å²) in [4.78, 5) is 0. The molecular weight excluding hydrogens is 314 g/mol. The lowest BCUT2D eigenvalue weighted by Gasteiger charge is -2.38. The Morgan fingerprint density at radius 2 is 1.50 bits per heavy atom. The maximum atomic E-state index is 10.4. The Morgan fingerprint density at radius 3 is 2.08 bits per heavy atom. The second kappa shape index (κ2) is 13.0. The summed E-state index contributed by atoms with van der Waals surface area (Å²) in [6.07, 6.45) is 13.5. The minimum atomic E-state index is -0.323. The molecule has 1 rings (SSSR count). The molecule has 0 aromatic heterocycles. The first-order valence-corrected chi connectivity index (χ1v) is 11.1. The average Bonchev–Trinajstić information content (AvgIpc) is 2.66. The van der Waals surface area contributed by atoms with E-state index in [9.17, 15) is 5.26 Å². The summed E-state index contributed by atoms with van der Waals surface area (Å²) in [6, 6.07) is 13.5. The summed E-state index contributed by atoms with van der Waals surface area (Å²) in [6.45, 7) is 9.13. The lowest BCUT2D eigenvalue weighted by molar-refractivity contribution is 0.238. The summed E-state index contributed by atoms with van der Waals surface area (Å²) in [5, 5.41) is 10.4. The molecular formula is C25H41N. The summed E-state index contributed by atoms with van der Waals surface area (Å²) >= 11 is 0. The Bertz CT molecular complexity index is 501. The summed E-state index contributed by atoms with van der Waals surface area (Å²) in [7, 11) is 0. The Labute approximate surface area is 163 Å². The standard InChI is InChI=1S/C25H41N/c1-5-8-9-10-12-17-23(16-7-3)25(21-26,20-22(4)15-6-2)24-18-13-11-14-19-24/h11,13-14,18-19,22-23H,5-10,12,15-17,20H2,1-4H3/t22-,23?,25?/m0/s1. The van der Waals surface area contributed by atoms with Crippen molar-refractivity contribution in [3.63, 3.8) is 0 Å². The van der Waals surface area contributed by atoms with E-state index >= 15 is 0 Å². The van der Waals surface area contributed by atoms with Crippen molar-refractivity contribution >= 4 is 0 Å². The molecule has 3 atom stereocenters. The summed E-state index contributed by atoms with van der Waals surface area (Å²) in [5.74, 6) is 1.07. The molecule has 1 aromatic carbocycles. The quantitative estimate of drug-likeness (QED) is 0.310. The van der Waals surface area contributed by atoms with Gasteiger partial charge in [0.1, 0.15) is 0 Å². The van der Waals surface area contributed by atoms with Crippen molar-refractivity contribution in [3.8, 4) is 6.07 Å². The van der Waals surface area contributed by atoms with E-state index < -0.39 is 0 Å². The highest BCUT2D eigenvalue weighted by molar-refractivity contribution is 5.34. The van der Waals surface area contributed by atoms with Gasteiger partial charge in [-0.25, -0.2) is 0 Å². The van der Waals surface area contributed by atoms with Crippen molar-refractivity contribution in [1.29, 1.82) is 5.26 Å². The first-order valence-electron chi connectivity index (χ1n) is 11.1. The van der Waals surface area contributed by atoms with Gasteiger partial charge >= 0.3 is 0 Å². The SMILES string of the molecule is CCCCCCCC(CCC)C(C#N)(C[C@@H](C)CCC)c1ccccc1. The molecule has 0 fully saturated rings. The number of hydrogen-bond donors (Lipinski definition) is 0. The van der Waals surface area contributed by atoms with Crippen LogP contribution in [0.15, 0.2) is 30.3 Å². The second-order valence-electron chi connectivity index (χ2n) is 8.24. The van der Waals surface area contributed by atoms with Crippen molar-refractivity contribution in [1.82, 2.24) is 0 Å². The normalized spacial score (nSPS) is 15.8. The molecule has 0 aliphatic rings. The molecule has 1 nitrogen and oxygen atoms in total. The van der Waals surface area contributed by atoms with E-state index in [-0.39, 0.29) is 5.41 Å². The minimum absolute atomic E-state index is 0.323. The van der Waals surface area contributed by atoms with Crippen molar-refractivity contribution in [2.75, 3.05) is 0 Å². The molecule has 0 N–H and O–H groups in total. The van der Waals surface area contributed by atoms with E-state index in [4.69, 9.17) is 0 Å². The predicted molar refractivity (Wildman–Crippen MR) is 114 cm³/mol. The van der Waals surface area contributed by atoms with Crippen LogP contribution >= 0.6 is 0 Å². The van der Waals surface area contributed by atoms with Crippen LogP contribution in [0.2, 0.25) is 0 Å². The van der Waals surface area contributed by atoms with E-state index in [1.807, 2.05) is 0 Å². The van der Waals surface area contributed by atoms with E-state index in [0.29, 0.717) is 11.8 Å². The highest BCUT2D eigenvalue weighted by Crippen LogP contribution is 2.43. The molecule has 26 heavy (non-hydrogen) atoms. The molecule has 0 heterocycles. The van der Waals surface area contributed by atoms with Gasteiger partial charge in [-0.2, -0.15) is 5.26 Å². The van der Waals surface area contributed by atoms with Crippen LogP contribution in [0.25, 0.3) is 0 Å². The first kappa shape index (κ1) is 22.8. The third-order valence-electron chi connectivity index (χ3n) is 5.93. The third-order valence-corrected chi connectivity index (χ3v) is 5.93. The van der Waals surface area contributed by atoms with Crippen LogP contribution in [-0.4, -0.2) is 0 Å². The first-order chi connectivity index (χ1) is 12.6. The zero-order chi connectivity index (χ0) is 19.3. The van der Waals surface area contributed by atoms with Crippen molar-refractivity contribution in [3.05, 3.63) is 35.9 Å². The van der Waals surface area contributed by atoms with E-state index in [0.717, 1.165) is 19.3 Å². The predicted octanol–water partition coefficient (Wildman–Crippen LogP) is 8.05. The number of hydrogen-bond acceptors (Lipinski definition) is 1. The molecule has 0 bridgehead atoms. The van der Waals surface area contributed by atoms with Crippen molar-refractivity contribution in [2.24, 2.45) is 11.8 Å². The Hall–Kier alpha value is -1.29. The van der Waals surface area contributed by atoms with Crippen LogP contribution in [0, 0.1) is 23.2 Å². The summed E-state index contributed by atoms with van der Waals surface area (Å²) < 4.78 is 0. The zero-order valence-corrected chi connectivity index (χ0v) is 17.8. The van der Waals surface area contributed by atoms with E-state index in [1.165, 1.54) is 56.9 Å². The Morgan fingerprint density at radius 1 is 0.846 bits per heavy atom. The van der Waals surface area contributed by atoms with Crippen LogP contribution in [0.3, 0.4) is 0 Å². The topological polar surface area (TPSA) is 23.8 Å². The monoisotopic (exact) mass is 355 g/mol. The van der Waals surface area contributed by atoms with Gasteiger partial charge in [-0.05, 0) is 36.7 Å². The highest BCUT2D eigenvalue weighted by Gasteiger charge is 2.40. The summed E-state index contributed by atoms with van der Waals surface area (Å²) in [5.41, 5.74) is 0.925. The number of unbranched alkanes of at least 4 members (excludes halogenated alkanes) is 4. The van der Waals surface area contributed by atoms with Gasteiger partial charge in [-0.3, -0.25) is 0 Å². The fourth-order valence-corrected chi connectivity index (χ4v) is 4.58. The Kier molecular flexibility index (Phi) is 11.3. The molecule has 0 saturated carbocycles. The lowest BCUT2D eigenvalue weighted by atomic mass is 9.63. The molecule has 0 amide bonds. The third kappa shape index (κ3) is 6.79. The molecule has 146 valence electrons. The van der Waals surface area contributed by atoms with Gasteiger partial charge in [0, 0.05) is 0 Å². The van der Waals surface area contributed by atoms with Gasteiger partial charge in [0.2, 0.25) is 0 Å². The van der Waals surface area contributed by atoms with Crippen LogP contribution in [-0.2, 0) is 5.41 Å². The molecule has 0 aliphatic carbocycles. The van der Waals surface area contributed by atoms with Crippen molar-refractivity contribution < 1.29 is 0 Å². The van der Waals surface area contributed by atoms with Gasteiger partial charge in [0.15, 0.2) is 0 Å². The number of nitriles is 1. The van der Waals surface area contributed by atoms with Gasteiger partial charge in [-0.1, -0.05) is 109 Å².